The molecular formula is C24H35N7O2. The molecule has 2 aromatic rings. The van der Waals surface area contributed by atoms with Gasteiger partial charge in [0.15, 0.2) is 0 Å². The van der Waals surface area contributed by atoms with E-state index in [0.717, 1.165) is 48.0 Å². The third-order valence-corrected chi connectivity index (χ3v) is 5.24. The van der Waals surface area contributed by atoms with Crippen molar-refractivity contribution in [3.05, 3.63) is 59.1 Å². The highest BCUT2D eigenvalue weighted by Gasteiger charge is 2.11. The smallest absolute Gasteiger partial charge is 0.271 e. The number of nitrogens with one attached hydrogen (secondary N) is 3. The number of amides is 1. The molecule has 9 heteroatoms. The van der Waals surface area contributed by atoms with E-state index in [0.29, 0.717) is 11.4 Å². The number of allylic oxidation sites excluding steroid dienone is 4. The monoisotopic (exact) mass is 453 g/mol. The molecule has 33 heavy (non-hydrogen) atoms. The molecule has 0 saturated carbocycles. The fraction of sp³-hybridized carbons (Fsp3) is 0.375. The molecule has 0 bridgehead atoms. The summed E-state index contributed by atoms with van der Waals surface area (Å²) in [7, 11) is 2.10. The summed E-state index contributed by atoms with van der Waals surface area (Å²) in [4.78, 5) is 18.2. The van der Waals surface area contributed by atoms with Crippen molar-refractivity contribution in [3.63, 3.8) is 0 Å². The van der Waals surface area contributed by atoms with Crippen molar-refractivity contribution in [2.45, 2.75) is 47.0 Å². The lowest BCUT2D eigenvalue weighted by Crippen LogP contribution is -2.27. The Morgan fingerprint density at radius 1 is 1.21 bits per heavy atom. The van der Waals surface area contributed by atoms with Gasteiger partial charge in [-0.1, -0.05) is 26.3 Å². The molecule has 9 nitrogen and oxygen atoms in total. The number of hydroxylamine groups is 1. The van der Waals surface area contributed by atoms with Crippen molar-refractivity contribution >= 4 is 28.5 Å². The van der Waals surface area contributed by atoms with Gasteiger partial charge in [-0.2, -0.15) is 5.10 Å². The molecule has 1 aromatic carbocycles. The predicted molar refractivity (Wildman–Crippen MR) is 134 cm³/mol. The first-order valence-corrected chi connectivity index (χ1v) is 11.1. The van der Waals surface area contributed by atoms with Crippen LogP contribution in [0.15, 0.2) is 58.0 Å². The number of rotatable bonds is 10. The molecule has 0 spiro atoms. The number of carbonyl (C=O) groups excluding carboxylic acids is 1. The van der Waals surface area contributed by atoms with Crippen LogP contribution in [-0.2, 0) is 0 Å². The third-order valence-electron chi connectivity index (χ3n) is 5.24. The van der Waals surface area contributed by atoms with Gasteiger partial charge in [-0.25, -0.2) is 5.48 Å². The molecule has 6 N–H and O–H groups in total. The second-order valence-corrected chi connectivity index (χ2v) is 7.86. The van der Waals surface area contributed by atoms with E-state index in [4.69, 9.17) is 10.9 Å². The maximum Gasteiger partial charge on any atom is 0.271 e. The van der Waals surface area contributed by atoms with Crippen LogP contribution in [0.1, 0.15) is 63.0 Å². The molecule has 0 unspecified atom stereocenters. The lowest BCUT2D eigenvalue weighted by Gasteiger charge is -2.21. The molecule has 0 fully saturated rings. The Morgan fingerprint density at radius 3 is 2.64 bits per heavy atom. The number of guanidine groups is 1. The molecule has 0 aliphatic rings. The zero-order chi connectivity index (χ0) is 24.4. The van der Waals surface area contributed by atoms with Crippen molar-refractivity contribution in [1.29, 1.82) is 0 Å². The second-order valence-electron chi connectivity index (χ2n) is 7.86. The maximum atomic E-state index is 12.7. The number of benzene rings is 1. The van der Waals surface area contributed by atoms with Gasteiger partial charge in [-0.15, -0.1) is 5.10 Å². The van der Waals surface area contributed by atoms with E-state index in [2.05, 4.69) is 52.4 Å². The molecule has 1 aromatic heterocycles. The van der Waals surface area contributed by atoms with Crippen molar-refractivity contribution < 1.29 is 10.0 Å². The molecule has 178 valence electrons. The summed E-state index contributed by atoms with van der Waals surface area (Å²) in [6.07, 6.45) is 7.25. The van der Waals surface area contributed by atoms with Crippen LogP contribution in [0, 0.1) is 0 Å². The molecule has 0 radical (unpaired) electrons. The number of nitrogens with two attached hydrogens (primary N) is 1. The normalized spacial score (nSPS) is 13.4. The number of nitrogens with zero attached hydrogens (tertiary/aromatic N) is 3. The molecular weight excluding hydrogens is 418 g/mol. The summed E-state index contributed by atoms with van der Waals surface area (Å²) in [6, 6.07) is 7.45. The lowest BCUT2D eigenvalue weighted by molar-refractivity contribution is 0.0962. The minimum absolute atomic E-state index is 0.201. The average molecular weight is 454 g/mol. The molecule has 1 amide bonds. The molecule has 0 aliphatic carbocycles. The van der Waals surface area contributed by atoms with Gasteiger partial charge in [0.05, 0.1) is 5.71 Å². The number of unbranched alkanes of at least 4 members (excludes halogenated alkanes) is 1. The van der Waals surface area contributed by atoms with E-state index in [1.165, 1.54) is 5.70 Å². The number of aromatic amines is 1. The predicted octanol–water partition coefficient (Wildman–Crippen LogP) is 3.84. The van der Waals surface area contributed by atoms with E-state index >= 15 is 0 Å². The Kier molecular flexibility index (Phi) is 9.68. The van der Waals surface area contributed by atoms with Crippen molar-refractivity contribution in [1.82, 2.24) is 20.7 Å². The van der Waals surface area contributed by atoms with Crippen LogP contribution in [0.3, 0.4) is 0 Å². The second kappa shape index (κ2) is 12.4. The van der Waals surface area contributed by atoms with E-state index in [9.17, 15) is 4.79 Å². The third kappa shape index (κ3) is 7.50. The summed E-state index contributed by atoms with van der Waals surface area (Å²) in [5, 5.41) is 20.1. The maximum absolute atomic E-state index is 12.7. The van der Waals surface area contributed by atoms with Gasteiger partial charge in [-0.05, 0) is 62.6 Å². The van der Waals surface area contributed by atoms with E-state index in [-0.39, 0.29) is 11.9 Å². The number of H-pyrrole nitrogens is 1. The fourth-order valence-corrected chi connectivity index (χ4v) is 3.25. The zero-order valence-electron chi connectivity index (χ0n) is 20.1. The summed E-state index contributed by atoms with van der Waals surface area (Å²) < 4.78 is 0. The first-order chi connectivity index (χ1) is 15.8. The van der Waals surface area contributed by atoms with Crippen LogP contribution >= 0.6 is 0 Å². The Balaban J connectivity index is 2.14. The molecule has 0 saturated heterocycles. The topological polar surface area (TPSA) is 131 Å². The number of hydrogen-bond donors (Lipinski definition) is 5. The largest absolute Gasteiger partial charge is 0.378 e. The summed E-state index contributed by atoms with van der Waals surface area (Å²) in [6.45, 7) is 8.99. The number of aromatic nitrogens is 1. The first-order valence-electron chi connectivity index (χ1n) is 11.1. The number of fused-ring (bicyclic) bond motifs is 1. The van der Waals surface area contributed by atoms with Crippen molar-refractivity contribution in [2.75, 3.05) is 13.6 Å². The van der Waals surface area contributed by atoms with Crippen LogP contribution in [0.25, 0.3) is 10.9 Å². The average Bonchev–Trinajstić information content (AvgIpc) is 3.24. The molecule has 1 heterocycles. The fourth-order valence-electron chi connectivity index (χ4n) is 3.25. The van der Waals surface area contributed by atoms with Crippen LogP contribution in [0.2, 0.25) is 0 Å². The SMILES string of the molecule is CCCCN(C)/C(=C/C=C(\C)NC(=O)c1cc2cc(/C(C)=N/N=C(N)NO)ccc2[nH]1)CC. The summed E-state index contributed by atoms with van der Waals surface area (Å²) in [5.74, 6) is -0.406. The van der Waals surface area contributed by atoms with E-state index in [1.807, 2.05) is 31.2 Å². The van der Waals surface area contributed by atoms with Crippen LogP contribution in [0.4, 0.5) is 0 Å². The Morgan fingerprint density at radius 2 is 1.97 bits per heavy atom. The van der Waals surface area contributed by atoms with Crippen LogP contribution in [0.5, 0.6) is 0 Å². The Bertz CT molecular complexity index is 1080. The summed E-state index contributed by atoms with van der Waals surface area (Å²) >= 11 is 0. The van der Waals surface area contributed by atoms with Gasteiger partial charge in [-0.3, -0.25) is 10.0 Å². The Hall–Kier alpha value is -3.59. The quantitative estimate of drug-likeness (QED) is 0.161. The number of hydrogen-bond acceptors (Lipinski definition) is 5. The van der Waals surface area contributed by atoms with E-state index in [1.54, 1.807) is 18.5 Å². The minimum Gasteiger partial charge on any atom is -0.378 e. The lowest BCUT2D eigenvalue weighted by atomic mass is 10.1. The van der Waals surface area contributed by atoms with Gasteiger partial charge < -0.3 is 20.9 Å². The summed E-state index contributed by atoms with van der Waals surface area (Å²) in [5.41, 5.74) is 11.8. The molecule has 2 rings (SSSR count). The van der Waals surface area contributed by atoms with Gasteiger partial charge in [0.1, 0.15) is 5.69 Å². The standard InChI is InChI=1S/C24H35N7O2/c1-6-8-13-31(5)20(7-2)11-9-16(3)26-23(32)22-15-19-14-18(10-12-21(19)27-22)17(4)28-29-24(25)30-33/h9-12,14-15,27,33H,6-8,13H2,1-5H3,(H,26,32)(H3,25,29,30)/b16-9+,20-11+,28-17+. The van der Waals surface area contributed by atoms with E-state index < -0.39 is 0 Å². The van der Waals surface area contributed by atoms with Crippen LogP contribution in [-0.4, -0.2) is 46.3 Å². The molecule has 0 atom stereocenters. The highest BCUT2D eigenvalue weighted by molar-refractivity contribution is 6.04. The van der Waals surface area contributed by atoms with Gasteiger partial charge in [0, 0.05) is 35.9 Å². The van der Waals surface area contributed by atoms with Crippen LogP contribution < -0.4 is 16.5 Å². The Labute approximate surface area is 195 Å². The van der Waals surface area contributed by atoms with Gasteiger partial charge in [0.25, 0.3) is 5.91 Å². The highest BCUT2D eigenvalue weighted by atomic mass is 16.5. The van der Waals surface area contributed by atoms with Crippen molar-refractivity contribution in [3.8, 4) is 0 Å². The minimum atomic E-state index is -0.205. The van der Waals surface area contributed by atoms with Gasteiger partial charge in [0.2, 0.25) is 5.96 Å². The van der Waals surface area contributed by atoms with Crippen molar-refractivity contribution in [2.24, 2.45) is 15.9 Å². The van der Waals surface area contributed by atoms with Gasteiger partial charge >= 0.3 is 0 Å². The number of carbonyl (C=O) groups is 1. The molecule has 0 aliphatic heterocycles. The zero-order valence-corrected chi connectivity index (χ0v) is 20.1. The first kappa shape index (κ1) is 25.7. The highest BCUT2D eigenvalue weighted by Crippen LogP contribution is 2.18.